The van der Waals surface area contributed by atoms with Crippen molar-refractivity contribution in [3.05, 3.63) is 0 Å². The van der Waals surface area contributed by atoms with Crippen molar-refractivity contribution in [2.24, 2.45) is 0 Å². The van der Waals surface area contributed by atoms with E-state index in [4.69, 9.17) is 24.1 Å². The molecule has 2 fully saturated rings. The van der Waals surface area contributed by atoms with Crippen LogP contribution in [0.3, 0.4) is 0 Å². The van der Waals surface area contributed by atoms with Crippen molar-refractivity contribution in [3.8, 4) is 0 Å². The largest absolute Gasteiger partial charge is 0.481 e. The molecule has 0 aromatic heterocycles. The minimum absolute atomic E-state index is 0.0155. The summed E-state index contributed by atoms with van der Waals surface area (Å²) in [7, 11) is 0. The standard InChI is InChI=1S/C23H41NO14/c1-12-16(29)18(31)20(33)22(37-12)36-10-8-24(14(26)5-2-3-6-15(27)28)7-4-9-35-23-21(34)19(32)17(30)13(11-25)38-23/h12-13,16-23,25,29-34H,2-11H2,1H3,(H,27,28)/t12-,13+,16+,17+,18+,19-,20-,21-,22+,23-/m0/s1. The van der Waals surface area contributed by atoms with Gasteiger partial charge in [-0.05, 0) is 26.2 Å². The lowest BCUT2D eigenvalue weighted by atomic mass is 9.99. The molecule has 2 rings (SSSR count). The van der Waals surface area contributed by atoms with E-state index in [1.54, 1.807) is 0 Å². The molecule has 0 saturated carbocycles. The molecular weight excluding hydrogens is 514 g/mol. The Morgan fingerprint density at radius 3 is 1.95 bits per heavy atom. The molecular formula is C23H41NO14. The van der Waals surface area contributed by atoms with Crippen LogP contribution in [0.25, 0.3) is 0 Å². The summed E-state index contributed by atoms with van der Waals surface area (Å²) in [6.07, 6.45) is -12.3. The maximum atomic E-state index is 12.8. The molecule has 8 N–H and O–H groups in total. The van der Waals surface area contributed by atoms with Crippen LogP contribution in [-0.4, -0.2) is 152 Å². The van der Waals surface area contributed by atoms with Crippen LogP contribution in [0, 0.1) is 0 Å². The second-order valence-corrected chi connectivity index (χ2v) is 9.46. The van der Waals surface area contributed by atoms with Gasteiger partial charge in [0.15, 0.2) is 12.6 Å². The minimum atomic E-state index is -1.58. The van der Waals surface area contributed by atoms with Gasteiger partial charge in [0.2, 0.25) is 5.91 Å². The molecule has 0 unspecified atom stereocenters. The van der Waals surface area contributed by atoms with Crippen LogP contribution in [0.5, 0.6) is 0 Å². The van der Waals surface area contributed by atoms with E-state index in [0.29, 0.717) is 12.8 Å². The number of rotatable bonds is 15. The Kier molecular flexibility index (Phi) is 13.7. The van der Waals surface area contributed by atoms with Crippen LogP contribution >= 0.6 is 0 Å². The Labute approximate surface area is 220 Å². The summed E-state index contributed by atoms with van der Waals surface area (Å²) in [5.74, 6) is -1.23. The SMILES string of the molecule is C[C@@H]1O[C@@H](OCCN(CCCO[C@H]2O[C@H](CO)[C@@H](O)[C@H](O)[C@@H]2O)C(=O)CCCCC(=O)O)[C@@H](O)[C@H](O)[C@@H]1O. The van der Waals surface area contributed by atoms with Crippen LogP contribution in [0.1, 0.15) is 39.0 Å². The van der Waals surface area contributed by atoms with Crippen molar-refractivity contribution >= 4 is 11.9 Å². The van der Waals surface area contributed by atoms with E-state index in [2.05, 4.69) is 0 Å². The summed E-state index contributed by atoms with van der Waals surface area (Å²) in [5.41, 5.74) is 0. The van der Waals surface area contributed by atoms with Crippen LogP contribution < -0.4 is 0 Å². The first-order chi connectivity index (χ1) is 18.0. The number of unbranched alkanes of at least 4 members (excludes halogenated alkanes) is 1. The Morgan fingerprint density at radius 2 is 1.32 bits per heavy atom. The van der Waals surface area contributed by atoms with Gasteiger partial charge in [0.25, 0.3) is 0 Å². The maximum Gasteiger partial charge on any atom is 0.303 e. The normalized spacial score (nSPS) is 35.7. The van der Waals surface area contributed by atoms with Gasteiger partial charge in [0, 0.05) is 25.9 Å². The number of ether oxygens (including phenoxy) is 4. The molecule has 2 aliphatic rings. The van der Waals surface area contributed by atoms with Gasteiger partial charge in [-0.1, -0.05) is 0 Å². The lowest BCUT2D eigenvalue weighted by Crippen LogP contribution is -2.59. The summed E-state index contributed by atoms with van der Waals surface area (Å²) < 4.78 is 21.6. The van der Waals surface area contributed by atoms with E-state index < -0.39 is 74.0 Å². The van der Waals surface area contributed by atoms with E-state index in [-0.39, 0.29) is 51.5 Å². The summed E-state index contributed by atoms with van der Waals surface area (Å²) in [6.45, 7) is 1.06. The molecule has 2 saturated heterocycles. The number of aliphatic carboxylic acids is 1. The third-order valence-corrected chi connectivity index (χ3v) is 6.54. The van der Waals surface area contributed by atoms with E-state index in [1.165, 1.54) is 11.8 Å². The fourth-order valence-electron chi connectivity index (χ4n) is 4.16. The Morgan fingerprint density at radius 1 is 0.737 bits per heavy atom. The van der Waals surface area contributed by atoms with Crippen molar-refractivity contribution in [2.75, 3.05) is 32.9 Å². The highest BCUT2D eigenvalue weighted by molar-refractivity contribution is 5.76. The lowest BCUT2D eigenvalue weighted by molar-refractivity contribution is -0.301. The smallest absolute Gasteiger partial charge is 0.303 e. The fourth-order valence-corrected chi connectivity index (χ4v) is 4.16. The number of carbonyl (C=O) groups is 2. The monoisotopic (exact) mass is 555 g/mol. The van der Waals surface area contributed by atoms with Crippen molar-refractivity contribution < 1.29 is 69.4 Å². The number of hydrogen-bond acceptors (Lipinski definition) is 13. The van der Waals surface area contributed by atoms with Gasteiger partial charge >= 0.3 is 5.97 Å². The zero-order valence-corrected chi connectivity index (χ0v) is 21.3. The fraction of sp³-hybridized carbons (Fsp3) is 0.913. The van der Waals surface area contributed by atoms with Gasteiger partial charge in [-0.15, -0.1) is 0 Å². The molecule has 0 aromatic rings. The van der Waals surface area contributed by atoms with Crippen molar-refractivity contribution in [1.82, 2.24) is 4.90 Å². The molecule has 1 amide bonds. The Hall–Kier alpha value is -1.50. The predicted molar refractivity (Wildman–Crippen MR) is 125 cm³/mol. The van der Waals surface area contributed by atoms with Crippen molar-refractivity contribution in [1.29, 1.82) is 0 Å². The average Bonchev–Trinajstić information content (AvgIpc) is 2.89. The summed E-state index contributed by atoms with van der Waals surface area (Å²) in [6, 6.07) is 0. The summed E-state index contributed by atoms with van der Waals surface area (Å²) in [4.78, 5) is 24.9. The molecule has 0 radical (unpaired) electrons. The number of carboxylic acid groups (broad SMARTS) is 1. The highest BCUT2D eigenvalue weighted by atomic mass is 16.7. The molecule has 0 spiro atoms. The first-order valence-electron chi connectivity index (χ1n) is 12.7. The molecule has 10 atom stereocenters. The third-order valence-electron chi connectivity index (χ3n) is 6.54. The lowest BCUT2D eigenvalue weighted by Gasteiger charge is -2.39. The highest BCUT2D eigenvalue weighted by Gasteiger charge is 2.44. The topological polar surface area (TPSA) is 236 Å². The van der Waals surface area contributed by atoms with Crippen LogP contribution in [0.15, 0.2) is 0 Å². The van der Waals surface area contributed by atoms with E-state index in [1.807, 2.05) is 0 Å². The molecule has 0 bridgehead atoms. The Balaban J connectivity index is 1.87. The first-order valence-corrected chi connectivity index (χ1v) is 12.7. The van der Waals surface area contributed by atoms with Gasteiger partial charge in [-0.3, -0.25) is 9.59 Å². The van der Waals surface area contributed by atoms with Gasteiger partial charge < -0.3 is 64.7 Å². The molecule has 38 heavy (non-hydrogen) atoms. The maximum absolute atomic E-state index is 12.8. The van der Waals surface area contributed by atoms with Gasteiger partial charge in [0.1, 0.15) is 42.7 Å². The van der Waals surface area contributed by atoms with Gasteiger partial charge in [-0.2, -0.15) is 0 Å². The van der Waals surface area contributed by atoms with Crippen molar-refractivity contribution in [3.63, 3.8) is 0 Å². The van der Waals surface area contributed by atoms with Crippen molar-refractivity contribution in [2.45, 2.75) is 100 Å². The number of amides is 1. The summed E-state index contributed by atoms with van der Waals surface area (Å²) in [5, 5.41) is 77.6. The minimum Gasteiger partial charge on any atom is -0.481 e. The zero-order valence-electron chi connectivity index (χ0n) is 21.3. The quantitative estimate of drug-likeness (QED) is 0.0916. The van der Waals surface area contributed by atoms with E-state index >= 15 is 0 Å². The molecule has 222 valence electrons. The second kappa shape index (κ2) is 15.9. The number of aliphatic hydroxyl groups excluding tert-OH is 7. The number of carboxylic acids is 1. The molecule has 0 aliphatic carbocycles. The Bertz CT molecular complexity index is 726. The zero-order chi connectivity index (χ0) is 28.4. The number of carbonyl (C=O) groups excluding carboxylic acids is 1. The second-order valence-electron chi connectivity index (χ2n) is 9.46. The van der Waals surface area contributed by atoms with E-state index in [0.717, 1.165) is 0 Å². The first kappa shape index (κ1) is 32.7. The van der Waals surface area contributed by atoms with Crippen LogP contribution in [-0.2, 0) is 28.5 Å². The van der Waals surface area contributed by atoms with Crippen LogP contribution in [0.4, 0.5) is 0 Å². The predicted octanol–water partition coefficient (Wildman–Crippen LogP) is -3.49. The van der Waals surface area contributed by atoms with Gasteiger partial charge in [0.05, 0.1) is 25.9 Å². The average molecular weight is 556 g/mol. The molecule has 2 aliphatic heterocycles. The van der Waals surface area contributed by atoms with Gasteiger partial charge in [-0.25, -0.2) is 0 Å². The summed E-state index contributed by atoms with van der Waals surface area (Å²) >= 11 is 0. The number of nitrogens with zero attached hydrogens (tertiary/aromatic N) is 1. The number of aliphatic hydroxyl groups is 7. The van der Waals surface area contributed by atoms with Crippen LogP contribution in [0.2, 0.25) is 0 Å². The molecule has 0 aromatic carbocycles. The molecule has 2 heterocycles. The molecule has 15 nitrogen and oxygen atoms in total. The highest BCUT2D eigenvalue weighted by Crippen LogP contribution is 2.23. The van der Waals surface area contributed by atoms with E-state index in [9.17, 15) is 45.3 Å². The third kappa shape index (κ3) is 9.31. The number of hydrogen-bond donors (Lipinski definition) is 8. The molecule has 15 heteroatoms.